The van der Waals surface area contributed by atoms with E-state index in [0.717, 1.165) is 42.0 Å². The van der Waals surface area contributed by atoms with E-state index in [1.54, 1.807) is 12.1 Å². The Labute approximate surface area is 188 Å². The monoisotopic (exact) mass is 433 g/mol. The molecule has 1 amide bonds. The van der Waals surface area contributed by atoms with Crippen LogP contribution >= 0.6 is 0 Å². The van der Waals surface area contributed by atoms with Crippen LogP contribution in [0.1, 0.15) is 23.7 Å². The second-order valence-corrected chi connectivity index (χ2v) is 8.24. The molecule has 32 heavy (non-hydrogen) atoms. The Bertz CT molecular complexity index is 1080. The molecule has 2 heterocycles. The molecule has 0 spiro atoms. The van der Waals surface area contributed by atoms with E-state index in [1.807, 2.05) is 19.2 Å². The molecule has 1 saturated heterocycles. The number of aromatic nitrogens is 1. The van der Waals surface area contributed by atoms with Crippen molar-refractivity contribution in [1.82, 2.24) is 10.3 Å². The molecule has 1 N–H and O–H groups in total. The molecule has 3 aromatic rings. The zero-order valence-electron chi connectivity index (χ0n) is 18.5. The van der Waals surface area contributed by atoms with E-state index in [0.29, 0.717) is 18.3 Å². The van der Waals surface area contributed by atoms with Crippen LogP contribution in [0.2, 0.25) is 0 Å². The summed E-state index contributed by atoms with van der Waals surface area (Å²) in [5, 5.41) is 2.82. The van der Waals surface area contributed by atoms with Crippen LogP contribution in [-0.4, -0.2) is 36.7 Å². The number of benzene rings is 2. The van der Waals surface area contributed by atoms with Gasteiger partial charge in [-0.1, -0.05) is 24.3 Å². The Morgan fingerprint density at radius 3 is 2.75 bits per heavy atom. The van der Waals surface area contributed by atoms with Gasteiger partial charge in [0.1, 0.15) is 5.82 Å². The molecule has 0 aliphatic carbocycles. The first kappa shape index (κ1) is 22.0. The van der Waals surface area contributed by atoms with Crippen molar-refractivity contribution in [2.24, 2.45) is 0 Å². The number of carbonyl (C=O) groups excluding carboxylic acids is 1. The highest BCUT2D eigenvalue weighted by Crippen LogP contribution is 2.27. The molecule has 1 aromatic heterocycles. The zero-order valence-corrected chi connectivity index (χ0v) is 18.5. The van der Waals surface area contributed by atoms with Crippen molar-refractivity contribution in [3.8, 4) is 11.1 Å². The molecule has 6 heteroatoms. The topological polar surface area (TPSA) is 54.5 Å². The fourth-order valence-electron chi connectivity index (χ4n) is 4.03. The van der Waals surface area contributed by atoms with Gasteiger partial charge in [0.15, 0.2) is 0 Å². The molecule has 1 aliphatic rings. The number of halogens is 1. The van der Waals surface area contributed by atoms with Crippen LogP contribution < -0.4 is 10.2 Å². The zero-order chi connectivity index (χ0) is 22.5. The number of nitrogens with one attached hydrogen (secondary N) is 1. The summed E-state index contributed by atoms with van der Waals surface area (Å²) in [7, 11) is 0. The van der Waals surface area contributed by atoms with Crippen LogP contribution in [0.3, 0.4) is 0 Å². The van der Waals surface area contributed by atoms with Gasteiger partial charge in [-0.3, -0.25) is 9.78 Å². The van der Waals surface area contributed by atoms with Crippen LogP contribution in [0.4, 0.5) is 10.1 Å². The standard InChI is InChI=1S/C26H28FN3O2/c1-18-12-23(14-26(31)29-15-20-4-3-5-22(27)13-20)28-16-25(18)21-6-8-24(9-7-21)30-10-11-32-17-19(30)2/h3-9,12-13,16,19H,10-11,14-15,17H2,1-2H3,(H,29,31)/t19-/m0/s1. The highest BCUT2D eigenvalue weighted by atomic mass is 19.1. The Kier molecular flexibility index (Phi) is 6.81. The number of ether oxygens (including phenoxy) is 1. The van der Waals surface area contributed by atoms with Gasteiger partial charge >= 0.3 is 0 Å². The predicted octanol–water partition coefficient (Wildman–Crippen LogP) is 4.28. The summed E-state index contributed by atoms with van der Waals surface area (Å²) in [4.78, 5) is 19.2. The van der Waals surface area contributed by atoms with E-state index < -0.39 is 0 Å². The first-order valence-electron chi connectivity index (χ1n) is 10.9. The van der Waals surface area contributed by atoms with Gasteiger partial charge in [-0.2, -0.15) is 0 Å². The van der Waals surface area contributed by atoms with Gasteiger partial charge in [-0.05, 0) is 60.9 Å². The van der Waals surface area contributed by atoms with Crippen LogP contribution in [0.5, 0.6) is 0 Å². The maximum Gasteiger partial charge on any atom is 0.226 e. The van der Waals surface area contributed by atoms with Gasteiger partial charge in [0, 0.05) is 42.3 Å². The summed E-state index contributed by atoms with van der Waals surface area (Å²) in [6, 6.07) is 17.1. The maximum atomic E-state index is 13.3. The van der Waals surface area contributed by atoms with Crippen molar-refractivity contribution in [3.05, 3.63) is 83.4 Å². The first-order valence-corrected chi connectivity index (χ1v) is 10.9. The van der Waals surface area contributed by atoms with Crippen LogP contribution in [0.25, 0.3) is 11.1 Å². The van der Waals surface area contributed by atoms with Gasteiger partial charge in [0.25, 0.3) is 0 Å². The Balaban J connectivity index is 1.39. The van der Waals surface area contributed by atoms with Crippen molar-refractivity contribution >= 4 is 11.6 Å². The number of carbonyl (C=O) groups is 1. The lowest BCUT2D eigenvalue weighted by Gasteiger charge is -2.35. The normalized spacial score (nSPS) is 16.1. The molecule has 5 nitrogen and oxygen atoms in total. The van der Waals surface area contributed by atoms with E-state index in [2.05, 4.69) is 46.4 Å². The van der Waals surface area contributed by atoms with Crippen LogP contribution in [0, 0.1) is 12.7 Å². The fourth-order valence-corrected chi connectivity index (χ4v) is 4.03. The number of nitrogens with zero attached hydrogens (tertiary/aromatic N) is 2. The summed E-state index contributed by atoms with van der Waals surface area (Å²) in [6.45, 7) is 6.91. The molecule has 0 radical (unpaired) electrons. The fraction of sp³-hybridized carbons (Fsp3) is 0.308. The van der Waals surface area contributed by atoms with Crippen molar-refractivity contribution in [3.63, 3.8) is 0 Å². The minimum absolute atomic E-state index is 0.141. The number of hydrogen-bond acceptors (Lipinski definition) is 4. The third-order valence-corrected chi connectivity index (χ3v) is 5.77. The van der Waals surface area contributed by atoms with E-state index in [1.165, 1.54) is 17.8 Å². The quantitative estimate of drug-likeness (QED) is 0.631. The number of amides is 1. The predicted molar refractivity (Wildman–Crippen MR) is 124 cm³/mol. The maximum absolute atomic E-state index is 13.3. The highest BCUT2D eigenvalue weighted by molar-refractivity contribution is 5.78. The SMILES string of the molecule is Cc1cc(CC(=O)NCc2cccc(F)c2)ncc1-c1ccc(N2CCOC[C@@H]2C)cc1. The molecular formula is C26H28FN3O2. The number of pyridine rings is 1. The average Bonchev–Trinajstić information content (AvgIpc) is 2.79. The molecule has 4 rings (SSSR count). The lowest BCUT2D eigenvalue weighted by atomic mass is 10.0. The summed E-state index contributed by atoms with van der Waals surface area (Å²) in [5.41, 5.74) is 5.86. The largest absolute Gasteiger partial charge is 0.377 e. The first-order chi connectivity index (χ1) is 15.5. The molecule has 1 fully saturated rings. The minimum atomic E-state index is -0.308. The number of hydrogen-bond donors (Lipinski definition) is 1. The van der Waals surface area contributed by atoms with Gasteiger partial charge < -0.3 is 15.0 Å². The molecule has 1 atom stereocenters. The number of anilines is 1. The molecule has 0 saturated carbocycles. The Hall–Kier alpha value is -3.25. The van der Waals surface area contributed by atoms with Crippen LogP contribution in [-0.2, 0) is 22.5 Å². The third-order valence-electron chi connectivity index (χ3n) is 5.77. The van der Waals surface area contributed by atoms with E-state index in [4.69, 9.17) is 4.74 Å². The number of morpholine rings is 1. The van der Waals surface area contributed by atoms with Gasteiger partial charge in [0.2, 0.25) is 5.91 Å². The summed E-state index contributed by atoms with van der Waals surface area (Å²) in [6.07, 6.45) is 2.02. The Morgan fingerprint density at radius 2 is 2.03 bits per heavy atom. The molecule has 1 aliphatic heterocycles. The summed E-state index contributed by atoms with van der Waals surface area (Å²) < 4.78 is 18.8. The second-order valence-electron chi connectivity index (χ2n) is 8.24. The average molecular weight is 434 g/mol. The smallest absolute Gasteiger partial charge is 0.226 e. The lowest BCUT2D eigenvalue weighted by molar-refractivity contribution is -0.120. The molecule has 0 bridgehead atoms. The Morgan fingerprint density at radius 1 is 1.22 bits per heavy atom. The minimum Gasteiger partial charge on any atom is -0.377 e. The molecule has 2 aromatic carbocycles. The highest BCUT2D eigenvalue weighted by Gasteiger charge is 2.19. The lowest BCUT2D eigenvalue weighted by Crippen LogP contribution is -2.43. The third kappa shape index (κ3) is 5.32. The van der Waals surface area contributed by atoms with Crippen molar-refractivity contribution in [2.45, 2.75) is 32.9 Å². The van der Waals surface area contributed by atoms with E-state index in [-0.39, 0.29) is 18.1 Å². The van der Waals surface area contributed by atoms with Crippen molar-refractivity contribution < 1.29 is 13.9 Å². The molecule has 0 unspecified atom stereocenters. The van der Waals surface area contributed by atoms with Crippen molar-refractivity contribution in [1.29, 1.82) is 0 Å². The molecular weight excluding hydrogens is 405 g/mol. The van der Waals surface area contributed by atoms with Crippen LogP contribution in [0.15, 0.2) is 60.8 Å². The van der Waals surface area contributed by atoms with E-state index in [9.17, 15) is 9.18 Å². The van der Waals surface area contributed by atoms with Gasteiger partial charge in [-0.25, -0.2) is 4.39 Å². The molecule has 166 valence electrons. The van der Waals surface area contributed by atoms with Gasteiger partial charge in [0.05, 0.1) is 19.6 Å². The van der Waals surface area contributed by atoms with E-state index >= 15 is 0 Å². The summed E-state index contributed by atoms with van der Waals surface area (Å²) >= 11 is 0. The number of aryl methyl sites for hydroxylation is 1. The second kappa shape index (κ2) is 9.92. The van der Waals surface area contributed by atoms with Gasteiger partial charge in [-0.15, -0.1) is 0 Å². The van der Waals surface area contributed by atoms with Crippen molar-refractivity contribution in [2.75, 3.05) is 24.7 Å². The number of rotatable bonds is 6. The summed E-state index contributed by atoms with van der Waals surface area (Å²) in [5.74, 6) is -0.449.